The van der Waals surface area contributed by atoms with Crippen molar-refractivity contribution in [1.29, 1.82) is 0 Å². The van der Waals surface area contributed by atoms with Crippen molar-refractivity contribution in [2.45, 2.75) is 12.8 Å². The summed E-state index contributed by atoms with van der Waals surface area (Å²) in [6.45, 7) is 4.47. The Morgan fingerprint density at radius 2 is 1.41 bits per heavy atom. The quantitative estimate of drug-likeness (QED) is 0.481. The summed E-state index contributed by atoms with van der Waals surface area (Å²) in [5.74, 6) is -2.32. The summed E-state index contributed by atoms with van der Waals surface area (Å²) in [6, 6.07) is 17.6. The molecule has 2 fully saturated rings. The number of nitrogens with one attached hydrogen (secondary N) is 2. The van der Waals surface area contributed by atoms with E-state index in [1.807, 2.05) is 36.4 Å². The highest BCUT2D eigenvalue weighted by atomic mass is 19.1. The van der Waals surface area contributed by atoms with Crippen LogP contribution in [0.2, 0.25) is 0 Å². The predicted octanol–water partition coefficient (Wildman–Crippen LogP) is 3.54. The Hall–Kier alpha value is -4.31. The van der Waals surface area contributed by atoms with Gasteiger partial charge in [-0.15, -0.1) is 0 Å². The number of carbonyl (C=O) groups excluding carboxylic acids is 3. The van der Waals surface area contributed by atoms with Gasteiger partial charge in [-0.3, -0.25) is 14.4 Å². The Morgan fingerprint density at radius 3 is 2.15 bits per heavy atom. The van der Waals surface area contributed by atoms with Crippen LogP contribution in [0.5, 0.6) is 0 Å². The van der Waals surface area contributed by atoms with E-state index in [9.17, 15) is 23.2 Å². The van der Waals surface area contributed by atoms with Gasteiger partial charge in [-0.05, 0) is 42.3 Å². The molecule has 214 valence electrons. The van der Waals surface area contributed by atoms with Gasteiger partial charge in [-0.2, -0.15) is 0 Å². The van der Waals surface area contributed by atoms with Gasteiger partial charge in [-0.1, -0.05) is 30.3 Å². The van der Waals surface area contributed by atoms with Crippen LogP contribution in [0.25, 0.3) is 0 Å². The van der Waals surface area contributed by atoms with Crippen molar-refractivity contribution in [2.24, 2.45) is 0 Å². The highest BCUT2D eigenvalue weighted by Crippen LogP contribution is 2.30. The number of benzene rings is 3. The first-order valence-corrected chi connectivity index (χ1v) is 13.9. The van der Waals surface area contributed by atoms with E-state index in [0.717, 1.165) is 42.5 Å². The van der Waals surface area contributed by atoms with Crippen molar-refractivity contribution in [3.05, 3.63) is 95.1 Å². The molecule has 2 N–H and O–H groups in total. The first-order chi connectivity index (χ1) is 19.9. The SMILES string of the molecule is O=C(Cc1ccccc1)Nc1cc(C(=O)N2CCNCC2)ccc1N1CCCN(C(=O)c2cc(F)cc(F)c2)CC1. The minimum Gasteiger partial charge on any atom is -0.368 e. The van der Waals surface area contributed by atoms with Crippen molar-refractivity contribution < 1.29 is 23.2 Å². The van der Waals surface area contributed by atoms with Crippen LogP contribution in [0.15, 0.2) is 66.7 Å². The van der Waals surface area contributed by atoms with Crippen LogP contribution in [-0.2, 0) is 11.2 Å². The highest BCUT2D eigenvalue weighted by molar-refractivity contribution is 6.00. The standard InChI is InChI=1S/C31H33F2N5O3/c32-25-18-24(19-26(33)21-25)31(41)37-12-4-11-36(15-16-37)28-8-7-23(30(40)38-13-9-34-10-14-38)20-27(28)35-29(39)17-22-5-2-1-3-6-22/h1-3,5-8,18-21,34H,4,9-17H2,(H,35,39). The van der Waals surface area contributed by atoms with Crippen molar-refractivity contribution >= 4 is 29.1 Å². The molecule has 0 atom stereocenters. The Morgan fingerprint density at radius 1 is 0.732 bits per heavy atom. The number of halogens is 2. The second-order valence-electron chi connectivity index (χ2n) is 10.3. The molecule has 10 heteroatoms. The lowest BCUT2D eigenvalue weighted by Gasteiger charge is -2.29. The fourth-order valence-electron chi connectivity index (χ4n) is 5.29. The summed E-state index contributed by atoms with van der Waals surface area (Å²) in [7, 11) is 0. The van der Waals surface area contributed by atoms with Crippen molar-refractivity contribution in [3.8, 4) is 0 Å². The van der Waals surface area contributed by atoms with E-state index in [1.54, 1.807) is 21.9 Å². The molecular formula is C31H33F2N5O3. The minimum absolute atomic E-state index is 0.0272. The van der Waals surface area contributed by atoms with E-state index < -0.39 is 17.5 Å². The Balaban J connectivity index is 1.36. The summed E-state index contributed by atoms with van der Waals surface area (Å²) < 4.78 is 27.5. The van der Waals surface area contributed by atoms with Gasteiger partial charge < -0.3 is 25.3 Å². The molecule has 2 aliphatic heterocycles. The number of amides is 3. The zero-order valence-electron chi connectivity index (χ0n) is 22.7. The molecule has 2 saturated heterocycles. The minimum atomic E-state index is -0.795. The third-order valence-corrected chi connectivity index (χ3v) is 7.36. The molecule has 41 heavy (non-hydrogen) atoms. The fraction of sp³-hybridized carbons (Fsp3) is 0.323. The van der Waals surface area contributed by atoms with Crippen molar-refractivity contribution in [1.82, 2.24) is 15.1 Å². The van der Waals surface area contributed by atoms with E-state index in [4.69, 9.17) is 0 Å². The van der Waals surface area contributed by atoms with Crippen LogP contribution in [0.3, 0.4) is 0 Å². The summed E-state index contributed by atoms with van der Waals surface area (Å²) in [4.78, 5) is 44.8. The summed E-state index contributed by atoms with van der Waals surface area (Å²) in [6.07, 6.45) is 0.797. The number of carbonyl (C=O) groups is 3. The number of hydrogen-bond donors (Lipinski definition) is 2. The summed E-state index contributed by atoms with van der Waals surface area (Å²) in [5, 5.41) is 6.26. The Bertz CT molecular complexity index is 1390. The van der Waals surface area contributed by atoms with E-state index in [2.05, 4.69) is 15.5 Å². The third-order valence-electron chi connectivity index (χ3n) is 7.36. The van der Waals surface area contributed by atoms with Gasteiger partial charge in [0.1, 0.15) is 11.6 Å². The van der Waals surface area contributed by atoms with Gasteiger partial charge in [0.05, 0.1) is 17.8 Å². The van der Waals surface area contributed by atoms with Gasteiger partial charge in [0.15, 0.2) is 0 Å². The van der Waals surface area contributed by atoms with Gasteiger partial charge >= 0.3 is 0 Å². The Kier molecular flexibility index (Phi) is 8.88. The van der Waals surface area contributed by atoms with Gasteiger partial charge in [-0.25, -0.2) is 8.78 Å². The molecule has 0 aromatic heterocycles. The Labute approximate surface area is 237 Å². The molecule has 3 aromatic rings. The van der Waals surface area contributed by atoms with Crippen LogP contribution < -0.4 is 15.5 Å². The molecule has 5 rings (SSSR count). The third kappa shape index (κ3) is 7.07. The average molecular weight is 562 g/mol. The maximum atomic E-state index is 13.7. The van der Waals surface area contributed by atoms with Crippen LogP contribution in [0, 0.1) is 11.6 Å². The van der Waals surface area contributed by atoms with Gasteiger partial charge in [0, 0.05) is 69.6 Å². The first-order valence-electron chi connectivity index (χ1n) is 13.9. The van der Waals surface area contributed by atoms with E-state index in [0.29, 0.717) is 56.9 Å². The number of nitrogens with zero attached hydrogens (tertiary/aromatic N) is 3. The smallest absolute Gasteiger partial charge is 0.254 e. The molecule has 0 spiro atoms. The maximum Gasteiger partial charge on any atom is 0.254 e. The number of rotatable bonds is 6. The highest BCUT2D eigenvalue weighted by Gasteiger charge is 2.25. The molecule has 0 unspecified atom stereocenters. The molecule has 0 aliphatic carbocycles. The average Bonchev–Trinajstić information content (AvgIpc) is 3.23. The second kappa shape index (κ2) is 12.9. The molecule has 0 bridgehead atoms. The maximum absolute atomic E-state index is 13.7. The van der Waals surface area contributed by atoms with E-state index in [1.165, 1.54) is 0 Å². The molecular weight excluding hydrogens is 528 g/mol. The van der Waals surface area contributed by atoms with Crippen LogP contribution in [-0.4, -0.2) is 79.9 Å². The number of hydrogen-bond acceptors (Lipinski definition) is 5. The molecule has 2 heterocycles. The molecule has 3 aromatic carbocycles. The number of anilines is 2. The zero-order chi connectivity index (χ0) is 28.8. The number of piperazine rings is 1. The lowest BCUT2D eigenvalue weighted by Crippen LogP contribution is -2.46. The lowest BCUT2D eigenvalue weighted by molar-refractivity contribution is -0.115. The molecule has 2 aliphatic rings. The first kappa shape index (κ1) is 28.2. The van der Waals surface area contributed by atoms with Gasteiger partial charge in [0.2, 0.25) is 5.91 Å². The largest absolute Gasteiger partial charge is 0.368 e. The summed E-state index contributed by atoms with van der Waals surface area (Å²) >= 11 is 0. The molecule has 0 radical (unpaired) electrons. The van der Waals surface area contributed by atoms with Crippen molar-refractivity contribution in [2.75, 3.05) is 62.6 Å². The normalized spacial score (nSPS) is 15.8. The molecule has 0 saturated carbocycles. The fourth-order valence-corrected chi connectivity index (χ4v) is 5.29. The van der Waals surface area contributed by atoms with E-state index in [-0.39, 0.29) is 23.8 Å². The van der Waals surface area contributed by atoms with Gasteiger partial charge in [0.25, 0.3) is 11.8 Å². The zero-order valence-corrected chi connectivity index (χ0v) is 22.7. The van der Waals surface area contributed by atoms with Crippen LogP contribution in [0.4, 0.5) is 20.2 Å². The van der Waals surface area contributed by atoms with Crippen molar-refractivity contribution in [3.63, 3.8) is 0 Å². The monoisotopic (exact) mass is 561 g/mol. The second-order valence-corrected chi connectivity index (χ2v) is 10.3. The molecule has 8 nitrogen and oxygen atoms in total. The lowest BCUT2D eigenvalue weighted by atomic mass is 10.1. The predicted molar refractivity (Wildman–Crippen MR) is 153 cm³/mol. The topological polar surface area (TPSA) is 85.0 Å². The summed E-state index contributed by atoms with van der Waals surface area (Å²) in [5.41, 5.74) is 2.61. The molecule has 3 amide bonds. The van der Waals surface area contributed by atoms with Crippen LogP contribution in [0.1, 0.15) is 32.7 Å². The van der Waals surface area contributed by atoms with Crippen LogP contribution >= 0.6 is 0 Å². The van der Waals surface area contributed by atoms with E-state index >= 15 is 0 Å².